The first-order valence-electron chi connectivity index (χ1n) is 5.70. The van der Waals surface area contributed by atoms with Crippen molar-refractivity contribution < 1.29 is 13.2 Å². The van der Waals surface area contributed by atoms with Gasteiger partial charge in [-0.2, -0.15) is 13.2 Å². The minimum Gasteiger partial charge on any atom is -0.385 e. The minimum absolute atomic E-state index is 0.0798. The zero-order chi connectivity index (χ0) is 14.0. The summed E-state index contributed by atoms with van der Waals surface area (Å²) >= 11 is 5.60. The molecule has 0 radical (unpaired) electrons. The van der Waals surface area contributed by atoms with Crippen LogP contribution in [0.15, 0.2) is 18.2 Å². The summed E-state index contributed by atoms with van der Waals surface area (Å²) < 4.78 is 38.4. The molecule has 0 spiro atoms. The maximum atomic E-state index is 12.8. The van der Waals surface area contributed by atoms with Crippen LogP contribution in [-0.2, 0) is 6.18 Å². The zero-order valence-corrected chi connectivity index (χ0v) is 11.4. The number of rotatable bonds is 3. The third kappa shape index (κ3) is 4.77. The predicted octanol–water partition coefficient (Wildman–Crippen LogP) is 5.21. The maximum absolute atomic E-state index is 12.8. The molecule has 5 heteroatoms. The first-order chi connectivity index (χ1) is 8.09. The van der Waals surface area contributed by atoms with Gasteiger partial charge in [0.15, 0.2) is 0 Å². The van der Waals surface area contributed by atoms with Crippen LogP contribution in [0.5, 0.6) is 0 Å². The van der Waals surface area contributed by atoms with E-state index in [1.54, 1.807) is 0 Å². The summed E-state index contributed by atoms with van der Waals surface area (Å²) in [5, 5.41) is 2.91. The Morgan fingerprint density at radius 2 is 1.78 bits per heavy atom. The predicted molar refractivity (Wildman–Crippen MR) is 69.0 cm³/mol. The van der Waals surface area contributed by atoms with Crippen molar-refractivity contribution in [2.75, 3.05) is 11.9 Å². The normalized spacial score (nSPS) is 12.6. The van der Waals surface area contributed by atoms with Crippen molar-refractivity contribution in [2.24, 2.45) is 5.41 Å². The van der Waals surface area contributed by atoms with Gasteiger partial charge in [0.2, 0.25) is 0 Å². The molecule has 1 nitrogen and oxygen atoms in total. The molecule has 0 heterocycles. The Bertz CT molecular complexity index is 408. The smallest absolute Gasteiger partial charge is 0.385 e. The SMILES string of the molecule is CC(C)(C)CCNc1ccc(Cl)cc1C(F)(F)F. The second-order valence-electron chi connectivity index (χ2n) is 5.43. The molecule has 18 heavy (non-hydrogen) atoms. The first-order valence-corrected chi connectivity index (χ1v) is 6.08. The Labute approximate surface area is 110 Å². The number of halogens is 4. The fourth-order valence-corrected chi connectivity index (χ4v) is 1.65. The van der Waals surface area contributed by atoms with Gasteiger partial charge in [0.05, 0.1) is 5.56 Å². The van der Waals surface area contributed by atoms with Crippen molar-refractivity contribution in [2.45, 2.75) is 33.4 Å². The molecule has 0 saturated heterocycles. The Morgan fingerprint density at radius 3 is 2.28 bits per heavy atom. The van der Waals surface area contributed by atoms with Gasteiger partial charge in [0, 0.05) is 17.3 Å². The lowest BCUT2D eigenvalue weighted by Crippen LogP contribution is -2.15. The van der Waals surface area contributed by atoms with Crippen LogP contribution in [0.4, 0.5) is 18.9 Å². The minimum atomic E-state index is -4.39. The lowest BCUT2D eigenvalue weighted by molar-refractivity contribution is -0.136. The number of hydrogen-bond donors (Lipinski definition) is 1. The Hall–Kier alpha value is -0.900. The summed E-state index contributed by atoms with van der Waals surface area (Å²) in [4.78, 5) is 0. The highest BCUT2D eigenvalue weighted by Crippen LogP contribution is 2.36. The fourth-order valence-electron chi connectivity index (χ4n) is 1.48. The molecular formula is C13H17ClF3N. The van der Waals surface area contributed by atoms with E-state index in [-0.39, 0.29) is 16.1 Å². The Morgan fingerprint density at radius 1 is 1.17 bits per heavy atom. The van der Waals surface area contributed by atoms with E-state index in [1.165, 1.54) is 12.1 Å². The Balaban J connectivity index is 2.83. The van der Waals surface area contributed by atoms with Crippen LogP contribution in [0.2, 0.25) is 5.02 Å². The summed E-state index contributed by atoms with van der Waals surface area (Å²) in [6.45, 7) is 6.62. The molecule has 0 unspecified atom stereocenters. The summed E-state index contributed by atoms with van der Waals surface area (Å²) in [5.41, 5.74) is -0.558. The van der Waals surface area contributed by atoms with Crippen LogP contribution in [0, 0.1) is 5.41 Å². The fraction of sp³-hybridized carbons (Fsp3) is 0.538. The second-order valence-corrected chi connectivity index (χ2v) is 5.86. The van der Waals surface area contributed by atoms with Crippen molar-refractivity contribution >= 4 is 17.3 Å². The van der Waals surface area contributed by atoms with Crippen LogP contribution in [0.25, 0.3) is 0 Å². The van der Waals surface area contributed by atoms with E-state index in [1.807, 2.05) is 20.8 Å². The van der Waals surface area contributed by atoms with Gasteiger partial charge in [0.25, 0.3) is 0 Å². The number of hydrogen-bond acceptors (Lipinski definition) is 1. The molecule has 1 N–H and O–H groups in total. The summed E-state index contributed by atoms with van der Waals surface area (Å²) in [7, 11) is 0. The second kappa shape index (κ2) is 5.39. The molecule has 1 aromatic carbocycles. The molecule has 1 rings (SSSR count). The Kier molecular flexibility index (Phi) is 4.54. The van der Waals surface area contributed by atoms with E-state index in [9.17, 15) is 13.2 Å². The molecule has 0 bridgehead atoms. The number of alkyl halides is 3. The summed E-state index contributed by atoms with van der Waals surface area (Å²) in [6, 6.07) is 3.77. The van der Waals surface area contributed by atoms with E-state index in [0.29, 0.717) is 6.54 Å². The van der Waals surface area contributed by atoms with Crippen molar-refractivity contribution in [3.8, 4) is 0 Å². The molecule has 1 aromatic rings. The third-order valence-electron chi connectivity index (χ3n) is 2.48. The largest absolute Gasteiger partial charge is 0.418 e. The van der Waals surface area contributed by atoms with Crippen molar-refractivity contribution in [1.29, 1.82) is 0 Å². The van der Waals surface area contributed by atoms with Crippen molar-refractivity contribution in [3.63, 3.8) is 0 Å². The van der Waals surface area contributed by atoms with Crippen LogP contribution < -0.4 is 5.32 Å². The van der Waals surface area contributed by atoms with Gasteiger partial charge < -0.3 is 5.32 Å². The topological polar surface area (TPSA) is 12.0 Å². The van der Waals surface area contributed by atoms with Crippen molar-refractivity contribution in [1.82, 2.24) is 0 Å². The van der Waals surface area contributed by atoms with E-state index in [2.05, 4.69) is 5.32 Å². The molecule has 0 aliphatic heterocycles. The molecule has 0 aromatic heterocycles. The zero-order valence-electron chi connectivity index (χ0n) is 10.7. The lowest BCUT2D eigenvalue weighted by Gasteiger charge is -2.20. The molecule has 0 atom stereocenters. The van der Waals surface area contributed by atoms with Gasteiger partial charge in [0.1, 0.15) is 0 Å². The van der Waals surface area contributed by atoms with Crippen LogP contribution in [0.3, 0.4) is 0 Å². The lowest BCUT2D eigenvalue weighted by atomic mass is 9.92. The molecule has 102 valence electrons. The number of anilines is 1. The number of benzene rings is 1. The van der Waals surface area contributed by atoms with E-state index < -0.39 is 11.7 Å². The quantitative estimate of drug-likeness (QED) is 0.801. The van der Waals surface area contributed by atoms with Crippen molar-refractivity contribution in [3.05, 3.63) is 28.8 Å². The van der Waals surface area contributed by atoms with E-state index in [0.717, 1.165) is 12.5 Å². The van der Waals surface area contributed by atoms with Gasteiger partial charge in [-0.1, -0.05) is 32.4 Å². The molecule has 0 amide bonds. The highest BCUT2D eigenvalue weighted by molar-refractivity contribution is 6.30. The highest BCUT2D eigenvalue weighted by atomic mass is 35.5. The van der Waals surface area contributed by atoms with Gasteiger partial charge >= 0.3 is 6.18 Å². The van der Waals surface area contributed by atoms with Gasteiger partial charge in [-0.3, -0.25) is 0 Å². The third-order valence-corrected chi connectivity index (χ3v) is 2.71. The van der Waals surface area contributed by atoms with Crippen LogP contribution >= 0.6 is 11.6 Å². The standard InChI is InChI=1S/C13H17ClF3N/c1-12(2,3)6-7-18-11-5-4-9(14)8-10(11)13(15,16)17/h4-5,8,18H,6-7H2,1-3H3. The van der Waals surface area contributed by atoms with Crippen LogP contribution in [0.1, 0.15) is 32.8 Å². The average Bonchev–Trinajstić information content (AvgIpc) is 2.17. The monoisotopic (exact) mass is 279 g/mol. The molecule has 0 aliphatic rings. The van der Waals surface area contributed by atoms with Gasteiger partial charge in [-0.15, -0.1) is 0 Å². The molecule has 0 aliphatic carbocycles. The van der Waals surface area contributed by atoms with E-state index in [4.69, 9.17) is 11.6 Å². The van der Waals surface area contributed by atoms with Gasteiger partial charge in [-0.25, -0.2) is 0 Å². The summed E-state index contributed by atoms with van der Waals surface area (Å²) in [6.07, 6.45) is -3.61. The summed E-state index contributed by atoms with van der Waals surface area (Å²) in [5.74, 6) is 0. The first kappa shape index (κ1) is 15.2. The molecule has 0 saturated carbocycles. The molecule has 0 fully saturated rings. The average molecular weight is 280 g/mol. The van der Waals surface area contributed by atoms with Crippen LogP contribution in [-0.4, -0.2) is 6.54 Å². The van der Waals surface area contributed by atoms with Gasteiger partial charge in [-0.05, 0) is 30.0 Å². The molecular weight excluding hydrogens is 263 g/mol. The van der Waals surface area contributed by atoms with E-state index >= 15 is 0 Å². The number of nitrogens with one attached hydrogen (secondary N) is 1. The highest BCUT2D eigenvalue weighted by Gasteiger charge is 2.33. The maximum Gasteiger partial charge on any atom is 0.418 e.